The van der Waals surface area contributed by atoms with Crippen molar-refractivity contribution in [3.63, 3.8) is 0 Å². The molecule has 1 heterocycles. The maximum atomic E-state index is 11.6. The van der Waals surface area contributed by atoms with Crippen molar-refractivity contribution in [1.29, 1.82) is 0 Å². The van der Waals surface area contributed by atoms with Gasteiger partial charge in [0.2, 0.25) is 11.8 Å². The van der Waals surface area contributed by atoms with Crippen LogP contribution in [0.2, 0.25) is 0 Å². The Morgan fingerprint density at radius 2 is 2.09 bits per heavy atom. The van der Waals surface area contributed by atoms with Crippen molar-refractivity contribution in [2.24, 2.45) is 4.99 Å². The highest BCUT2D eigenvalue weighted by Crippen LogP contribution is 2.18. The number of nitrogens with one attached hydrogen (secondary N) is 3. The van der Waals surface area contributed by atoms with Crippen LogP contribution in [0.3, 0.4) is 0 Å². The third kappa shape index (κ3) is 6.20. The molecule has 0 unspecified atom stereocenters. The molecule has 1 aromatic heterocycles. The van der Waals surface area contributed by atoms with E-state index in [4.69, 9.17) is 4.42 Å². The minimum absolute atomic E-state index is 0. The summed E-state index contributed by atoms with van der Waals surface area (Å²) in [6.07, 6.45) is 2.16. The standard InChI is InChI=1S/C14H23N5O2.HI/c1-4-15-14(16-7-12(20)19-11-5-6-11)17-8-13-18-9(2)10(3)21-13;/h11H,4-8H2,1-3H3,(H,19,20)(H2,15,16,17);1H. The quantitative estimate of drug-likeness (QED) is 0.365. The first-order valence-electron chi connectivity index (χ1n) is 7.33. The number of hydrogen-bond donors (Lipinski definition) is 3. The van der Waals surface area contributed by atoms with Crippen molar-refractivity contribution >= 4 is 35.8 Å². The summed E-state index contributed by atoms with van der Waals surface area (Å²) in [5.74, 6) is 1.96. The molecule has 0 aromatic carbocycles. The fraction of sp³-hybridized carbons (Fsp3) is 0.643. The lowest BCUT2D eigenvalue weighted by molar-refractivity contribution is -0.119. The molecule has 2 rings (SSSR count). The van der Waals surface area contributed by atoms with Gasteiger partial charge in [0.05, 0.1) is 12.2 Å². The molecule has 1 fully saturated rings. The summed E-state index contributed by atoms with van der Waals surface area (Å²) in [4.78, 5) is 20.2. The van der Waals surface area contributed by atoms with E-state index in [1.807, 2.05) is 20.8 Å². The van der Waals surface area contributed by atoms with Crippen LogP contribution in [0.25, 0.3) is 0 Å². The predicted molar refractivity (Wildman–Crippen MR) is 95.4 cm³/mol. The van der Waals surface area contributed by atoms with E-state index in [0.29, 0.717) is 24.4 Å². The summed E-state index contributed by atoms with van der Waals surface area (Å²) in [5.41, 5.74) is 0.887. The number of oxazole rings is 1. The minimum atomic E-state index is -0.0440. The molecule has 0 saturated heterocycles. The van der Waals surface area contributed by atoms with Crippen LogP contribution in [-0.4, -0.2) is 36.0 Å². The molecule has 0 atom stereocenters. The number of aliphatic imine (C=N–C) groups is 1. The number of guanidine groups is 1. The Labute approximate surface area is 147 Å². The number of rotatable bonds is 6. The van der Waals surface area contributed by atoms with Crippen LogP contribution >= 0.6 is 24.0 Å². The van der Waals surface area contributed by atoms with Crippen LogP contribution in [-0.2, 0) is 11.3 Å². The number of halogens is 1. The highest BCUT2D eigenvalue weighted by atomic mass is 127. The molecule has 124 valence electrons. The maximum absolute atomic E-state index is 11.6. The zero-order valence-electron chi connectivity index (χ0n) is 13.2. The molecule has 1 aliphatic rings. The number of aromatic nitrogens is 1. The Morgan fingerprint density at radius 3 is 2.64 bits per heavy atom. The number of nitrogens with zero attached hydrogens (tertiary/aromatic N) is 2. The van der Waals surface area contributed by atoms with Gasteiger partial charge in [0.1, 0.15) is 12.3 Å². The van der Waals surface area contributed by atoms with Gasteiger partial charge in [-0.2, -0.15) is 0 Å². The molecule has 0 bridgehead atoms. The van der Waals surface area contributed by atoms with Gasteiger partial charge in [-0.25, -0.2) is 9.98 Å². The summed E-state index contributed by atoms with van der Waals surface area (Å²) < 4.78 is 5.49. The Bertz CT molecular complexity index is 506. The van der Waals surface area contributed by atoms with E-state index in [-0.39, 0.29) is 36.4 Å². The Morgan fingerprint density at radius 1 is 1.36 bits per heavy atom. The zero-order valence-corrected chi connectivity index (χ0v) is 15.6. The van der Waals surface area contributed by atoms with Gasteiger partial charge >= 0.3 is 0 Å². The summed E-state index contributed by atoms with van der Waals surface area (Å²) in [6.45, 7) is 7.04. The van der Waals surface area contributed by atoms with Gasteiger partial charge in [0, 0.05) is 12.6 Å². The Kier molecular flexibility index (Phi) is 7.63. The second-order valence-electron chi connectivity index (χ2n) is 5.14. The third-order valence-corrected chi connectivity index (χ3v) is 3.15. The highest BCUT2D eigenvalue weighted by molar-refractivity contribution is 14.0. The average molecular weight is 421 g/mol. The average Bonchev–Trinajstić information content (AvgIpc) is 3.19. The topological polar surface area (TPSA) is 91.5 Å². The Hall–Kier alpha value is -1.32. The van der Waals surface area contributed by atoms with Crippen LogP contribution in [0, 0.1) is 13.8 Å². The number of amides is 1. The zero-order chi connectivity index (χ0) is 15.2. The van der Waals surface area contributed by atoms with E-state index in [2.05, 4.69) is 25.9 Å². The number of aryl methyl sites for hydroxylation is 2. The molecule has 8 heteroatoms. The molecular weight excluding hydrogens is 397 g/mol. The molecule has 1 aliphatic carbocycles. The molecule has 0 spiro atoms. The summed E-state index contributed by atoms with van der Waals surface area (Å²) in [5, 5.41) is 9.10. The van der Waals surface area contributed by atoms with Gasteiger partial charge < -0.3 is 20.4 Å². The SMILES string of the molecule is CCNC(=NCC(=O)NC1CC1)NCc1nc(C)c(C)o1.I. The molecule has 22 heavy (non-hydrogen) atoms. The number of carbonyl (C=O) groups is 1. The summed E-state index contributed by atoms with van der Waals surface area (Å²) in [7, 11) is 0. The van der Waals surface area contributed by atoms with Gasteiger partial charge in [-0.15, -0.1) is 24.0 Å². The van der Waals surface area contributed by atoms with E-state index in [0.717, 1.165) is 30.8 Å². The van der Waals surface area contributed by atoms with Gasteiger partial charge in [-0.1, -0.05) is 0 Å². The lowest BCUT2D eigenvalue weighted by Gasteiger charge is -2.09. The monoisotopic (exact) mass is 421 g/mol. The molecule has 1 saturated carbocycles. The lowest BCUT2D eigenvalue weighted by Crippen LogP contribution is -2.38. The van der Waals surface area contributed by atoms with Crippen molar-refractivity contribution in [3.05, 3.63) is 17.3 Å². The van der Waals surface area contributed by atoms with Crippen molar-refractivity contribution in [2.75, 3.05) is 13.1 Å². The first kappa shape index (κ1) is 18.7. The normalized spacial score (nSPS) is 14.2. The number of hydrogen-bond acceptors (Lipinski definition) is 4. The van der Waals surface area contributed by atoms with Gasteiger partial charge in [-0.3, -0.25) is 4.79 Å². The van der Waals surface area contributed by atoms with E-state index >= 15 is 0 Å². The van der Waals surface area contributed by atoms with Crippen LogP contribution in [0.5, 0.6) is 0 Å². The first-order chi connectivity index (χ1) is 10.1. The van der Waals surface area contributed by atoms with Crippen LogP contribution in [0.1, 0.15) is 37.1 Å². The van der Waals surface area contributed by atoms with Crippen molar-refractivity contribution < 1.29 is 9.21 Å². The van der Waals surface area contributed by atoms with Gasteiger partial charge in [-0.05, 0) is 33.6 Å². The van der Waals surface area contributed by atoms with Crippen molar-refractivity contribution in [3.8, 4) is 0 Å². The minimum Gasteiger partial charge on any atom is -0.444 e. The lowest BCUT2D eigenvalue weighted by atomic mass is 10.4. The fourth-order valence-electron chi connectivity index (χ4n) is 1.77. The molecule has 0 radical (unpaired) electrons. The summed E-state index contributed by atoms with van der Waals surface area (Å²) >= 11 is 0. The smallest absolute Gasteiger partial charge is 0.242 e. The van der Waals surface area contributed by atoms with Crippen LogP contribution in [0.15, 0.2) is 9.41 Å². The van der Waals surface area contributed by atoms with Gasteiger partial charge in [0.15, 0.2) is 5.96 Å². The molecule has 0 aliphatic heterocycles. The summed E-state index contributed by atoms with van der Waals surface area (Å²) in [6, 6.07) is 0.363. The van der Waals surface area contributed by atoms with Crippen LogP contribution in [0.4, 0.5) is 0 Å². The second-order valence-corrected chi connectivity index (χ2v) is 5.14. The molecule has 1 aromatic rings. The number of carbonyl (C=O) groups excluding carboxylic acids is 1. The molecular formula is C14H24IN5O2. The molecule has 7 nitrogen and oxygen atoms in total. The largest absolute Gasteiger partial charge is 0.444 e. The highest BCUT2D eigenvalue weighted by Gasteiger charge is 2.22. The Balaban J connectivity index is 0.00000242. The third-order valence-electron chi connectivity index (χ3n) is 3.15. The molecule has 3 N–H and O–H groups in total. The first-order valence-corrected chi connectivity index (χ1v) is 7.33. The van der Waals surface area contributed by atoms with E-state index < -0.39 is 0 Å². The van der Waals surface area contributed by atoms with Gasteiger partial charge in [0.25, 0.3) is 0 Å². The second kappa shape index (κ2) is 8.96. The van der Waals surface area contributed by atoms with E-state index in [1.165, 1.54) is 0 Å². The molecule has 1 amide bonds. The van der Waals surface area contributed by atoms with E-state index in [9.17, 15) is 4.79 Å². The van der Waals surface area contributed by atoms with Crippen molar-refractivity contribution in [2.45, 2.75) is 46.2 Å². The fourth-order valence-corrected chi connectivity index (χ4v) is 1.77. The van der Waals surface area contributed by atoms with Crippen molar-refractivity contribution in [1.82, 2.24) is 20.9 Å². The van der Waals surface area contributed by atoms with Crippen LogP contribution < -0.4 is 16.0 Å². The maximum Gasteiger partial charge on any atom is 0.242 e. The van der Waals surface area contributed by atoms with E-state index in [1.54, 1.807) is 0 Å². The predicted octanol–water partition coefficient (Wildman–Crippen LogP) is 1.24.